The predicted octanol–water partition coefficient (Wildman–Crippen LogP) is 2.56. The second kappa shape index (κ2) is 3.99. The summed E-state index contributed by atoms with van der Waals surface area (Å²) in [5.74, 6) is 0. The van der Waals surface area contributed by atoms with Gasteiger partial charge in [-0.25, -0.2) is 4.98 Å². The molecule has 0 N–H and O–H groups in total. The number of hydrogen-bond donors (Lipinski definition) is 0. The quantitative estimate of drug-likeness (QED) is 0.757. The lowest BCUT2D eigenvalue weighted by Crippen LogP contribution is -1.63. The van der Waals surface area contributed by atoms with Crippen LogP contribution in [0, 0.1) is 0 Å². The molecule has 0 aromatic carbocycles. The van der Waals surface area contributed by atoms with Gasteiger partial charge in [0, 0.05) is 0 Å². The Labute approximate surface area is 87.0 Å². The number of carbonyl (C=O) groups is 1. The number of thiophene rings is 1. The summed E-state index contributed by atoms with van der Waals surface area (Å²) in [4.78, 5) is 15.2. The minimum absolute atomic E-state index is 0.743. The maximum atomic E-state index is 10.4. The Bertz CT molecular complexity index is 396. The molecular formula is C7H4N2OS3. The van der Waals surface area contributed by atoms with E-state index >= 15 is 0 Å². The van der Waals surface area contributed by atoms with E-state index in [4.69, 9.17) is 0 Å². The van der Waals surface area contributed by atoms with Crippen molar-refractivity contribution in [1.29, 1.82) is 0 Å². The molecule has 66 valence electrons. The highest BCUT2D eigenvalue weighted by Gasteiger charge is 2.03. The average Bonchev–Trinajstić information content (AvgIpc) is 2.76. The third-order valence-electron chi connectivity index (χ3n) is 1.25. The van der Waals surface area contributed by atoms with E-state index in [1.807, 2.05) is 6.07 Å². The Balaban J connectivity index is 2.14. The molecule has 0 bridgehead atoms. The molecule has 2 aromatic rings. The topological polar surface area (TPSA) is 42.9 Å². The van der Waals surface area contributed by atoms with Crippen molar-refractivity contribution in [3.8, 4) is 0 Å². The molecule has 6 heteroatoms. The molecule has 0 saturated carbocycles. The highest BCUT2D eigenvalue weighted by Crippen LogP contribution is 2.32. The molecule has 0 fully saturated rings. The van der Waals surface area contributed by atoms with Crippen molar-refractivity contribution < 1.29 is 4.79 Å². The number of aromatic nitrogens is 2. The maximum Gasteiger partial charge on any atom is 0.175 e. The van der Waals surface area contributed by atoms with E-state index in [0.717, 1.165) is 19.7 Å². The van der Waals surface area contributed by atoms with Crippen molar-refractivity contribution in [2.75, 3.05) is 0 Å². The van der Waals surface area contributed by atoms with Crippen LogP contribution in [0.2, 0.25) is 0 Å². The third kappa shape index (κ3) is 2.15. The Morgan fingerprint density at radius 3 is 3.00 bits per heavy atom. The van der Waals surface area contributed by atoms with Crippen LogP contribution in [0.4, 0.5) is 0 Å². The molecule has 0 unspecified atom stereocenters. The lowest BCUT2D eigenvalue weighted by atomic mass is 10.5. The van der Waals surface area contributed by atoms with Gasteiger partial charge in [-0.3, -0.25) is 4.79 Å². The molecule has 3 nitrogen and oxygen atoms in total. The summed E-state index contributed by atoms with van der Waals surface area (Å²) < 4.78 is 5.86. The minimum atomic E-state index is 0.743. The summed E-state index contributed by atoms with van der Waals surface area (Å²) in [6.07, 6.45) is 2.38. The molecule has 0 aliphatic carbocycles. The highest BCUT2D eigenvalue weighted by atomic mass is 32.2. The molecular weight excluding hydrogens is 224 g/mol. The van der Waals surface area contributed by atoms with E-state index in [0.29, 0.717) is 0 Å². The SMILES string of the molecule is O=Cc1ccc(Sc2ncns2)s1. The first-order chi connectivity index (χ1) is 6.38. The van der Waals surface area contributed by atoms with Crippen molar-refractivity contribution in [2.24, 2.45) is 0 Å². The molecule has 0 aliphatic heterocycles. The second-order valence-electron chi connectivity index (χ2n) is 2.08. The van der Waals surface area contributed by atoms with Crippen LogP contribution in [0.5, 0.6) is 0 Å². The molecule has 0 aliphatic rings. The van der Waals surface area contributed by atoms with E-state index in [1.165, 1.54) is 41.0 Å². The van der Waals surface area contributed by atoms with Crippen LogP contribution >= 0.6 is 34.6 Å². The summed E-state index contributed by atoms with van der Waals surface area (Å²) in [6.45, 7) is 0. The lowest BCUT2D eigenvalue weighted by Gasteiger charge is -1.87. The summed E-state index contributed by atoms with van der Waals surface area (Å²) in [6, 6.07) is 3.72. The summed E-state index contributed by atoms with van der Waals surface area (Å²) in [7, 11) is 0. The normalized spacial score (nSPS) is 10.2. The third-order valence-corrected chi connectivity index (χ3v) is 4.10. The highest BCUT2D eigenvalue weighted by molar-refractivity contribution is 8.02. The lowest BCUT2D eigenvalue weighted by molar-refractivity contribution is 0.112. The monoisotopic (exact) mass is 228 g/mol. The average molecular weight is 228 g/mol. The zero-order chi connectivity index (χ0) is 9.10. The Morgan fingerprint density at radius 2 is 2.38 bits per heavy atom. The van der Waals surface area contributed by atoms with Gasteiger partial charge in [0.1, 0.15) is 6.33 Å². The molecule has 0 spiro atoms. The molecule has 2 heterocycles. The molecule has 2 aromatic heterocycles. The van der Waals surface area contributed by atoms with Crippen molar-refractivity contribution >= 4 is 40.9 Å². The minimum Gasteiger partial charge on any atom is -0.297 e. The standard InChI is InChI=1S/C7H4N2OS3/c10-3-5-1-2-6(11-5)12-7-8-4-9-13-7/h1-4H. The second-order valence-corrected chi connectivity index (χ2v) is 5.53. The number of hydrogen-bond acceptors (Lipinski definition) is 6. The largest absolute Gasteiger partial charge is 0.297 e. The number of nitrogens with zero attached hydrogens (tertiary/aromatic N) is 2. The van der Waals surface area contributed by atoms with Gasteiger partial charge < -0.3 is 0 Å². The number of rotatable bonds is 3. The van der Waals surface area contributed by atoms with Gasteiger partial charge in [-0.05, 0) is 35.4 Å². The van der Waals surface area contributed by atoms with E-state index in [2.05, 4.69) is 9.36 Å². The number of aldehydes is 1. The van der Waals surface area contributed by atoms with Gasteiger partial charge in [0.25, 0.3) is 0 Å². The van der Waals surface area contributed by atoms with Crippen LogP contribution in [0.15, 0.2) is 27.0 Å². The predicted molar refractivity (Wildman–Crippen MR) is 53.7 cm³/mol. The zero-order valence-corrected chi connectivity index (χ0v) is 8.79. The first-order valence-electron chi connectivity index (χ1n) is 3.38. The van der Waals surface area contributed by atoms with Gasteiger partial charge in [0.05, 0.1) is 9.09 Å². The molecule has 0 saturated heterocycles. The van der Waals surface area contributed by atoms with Crippen LogP contribution in [0.25, 0.3) is 0 Å². The maximum absolute atomic E-state index is 10.4. The van der Waals surface area contributed by atoms with Gasteiger partial charge in [-0.2, -0.15) is 4.37 Å². The smallest absolute Gasteiger partial charge is 0.175 e. The van der Waals surface area contributed by atoms with Crippen molar-refractivity contribution in [2.45, 2.75) is 8.55 Å². The van der Waals surface area contributed by atoms with Crippen LogP contribution in [-0.2, 0) is 0 Å². The molecule has 0 atom stereocenters. The summed E-state index contributed by atoms with van der Waals surface area (Å²) in [5.41, 5.74) is 0. The Kier molecular flexibility index (Phi) is 2.72. The molecule has 2 rings (SSSR count). The summed E-state index contributed by atoms with van der Waals surface area (Å²) >= 11 is 4.35. The van der Waals surface area contributed by atoms with Crippen LogP contribution < -0.4 is 0 Å². The molecule has 0 amide bonds. The fraction of sp³-hybridized carbons (Fsp3) is 0. The fourth-order valence-corrected chi connectivity index (χ4v) is 3.38. The van der Waals surface area contributed by atoms with Gasteiger partial charge in [-0.15, -0.1) is 11.3 Å². The van der Waals surface area contributed by atoms with E-state index in [9.17, 15) is 4.79 Å². The first kappa shape index (κ1) is 8.86. The van der Waals surface area contributed by atoms with Crippen LogP contribution in [0.1, 0.15) is 9.67 Å². The fourth-order valence-electron chi connectivity index (χ4n) is 0.747. The molecule has 0 radical (unpaired) electrons. The summed E-state index contributed by atoms with van der Waals surface area (Å²) in [5, 5.41) is 0. The Morgan fingerprint density at radius 1 is 1.46 bits per heavy atom. The van der Waals surface area contributed by atoms with E-state index in [-0.39, 0.29) is 0 Å². The van der Waals surface area contributed by atoms with Crippen molar-refractivity contribution in [3.05, 3.63) is 23.3 Å². The number of carbonyl (C=O) groups excluding carboxylic acids is 1. The van der Waals surface area contributed by atoms with Gasteiger partial charge in [0.2, 0.25) is 0 Å². The van der Waals surface area contributed by atoms with Crippen LogP contribution in [-0.4, -0.2) is 15.6 Å². The van der Waals surface area contributed by atoms with E-state index in [1.54, 1.807) is 6.07 Å². The van der Waals surface area contributed by atoms with Gasteiger partial charge in [-0.1, -0.05) is 0 Å². The van der Waals surface area contributed by atoms with Crippen LogP contribution in [0.3, 0.4) is 0 Å². The van der Waals surface area contributed by atoms with Gasteiger partial charge >= 0.3 is 0 Å². The van der Waals surface area contributed by atoms with Crippen molar-refractivity contribution in [1.82, 2.24) is 9.36 Å². The van der Waals surface area contributed by atoms with Gasteiger partial charge in [0.15, 0.2) is 10.6 Å². The van der Waals surface area contributed by atoms with E-state index < -0.39 is 0 Å². The Hall–Kier alpha value is -0.720. The molecule has 13 heavy (non-hydrogen) atoms. The first-order valence-corrected chi connectivity index (χ1v) is 5.78. The van der Waals surface area contributed by atoms with Crippen molar-refractivity contribution in [3.63, 3.8) is 0 Å². The zero-order valence-electron chi connectivity index (χ0n) is 6.34.